The van der Waals surface area contributed by atoms with Gasteiger partial charge in [-0.05, 0) is 32.4 Å². The third-order valence-electron chi connectivity index (χ3n) is 3.25. The number of likely N-dealkylation sites (tertiary alicyclic amines) is 1. The van der Waals surface area contributed by atoms with Gasteiger partial charge in [-0.2, -0.15) is 0 Å². The van der Waals surface area contributed by atoms with Crippen molar-refractivity contribution in [1.29, 1.82) is 0 Å². The number of nitrogens with zero attached hydrogens (tertiary/aromatic N) is 3. The van der Waals surface area contributed by atoms with Gasteiger partial charge in [0.1, 0.15) is 18.0 Å². The predicted molar refractivity (Wildman–Crippen MR) is 70.0 cm³/mol. The van der Waals surface area contributed by atoms with E-state index in [1.807, 2.05) is 0 Å². The van der Waals surface area contributed by atoms with Crippen LogP contribution in [-0.4, -0.2) is 41.0 Å². The van der Waals surface area contributed by atoms with Crippen LogP contribution in [0.1, 0.15) is 25.3 Å². The smallest absolute Gasteiger partial charge is 0.134 e. The first kappa shape index (κ1) is 12.1. The van der Waals surface area contributed by atoms with E-state index in [9.17, 15) is 0 Å². The van der Waals surface area contributed by atoms with Gasteiger partial charge in [0.15, 0.2) is 0 Å². The van der Waals surface area contributed by atoms with E-state index in [0.29, 0.717) is 5.82 Å². The minimum Gasteiger partial charge on any atom is -0.383 e. The maximum atomic E-state index is 5.82. The van der Waals surface area contributed by atoms with E-state index in [2.05, 4.69) is 27.1 Å². The van der Waals surface area contributed by atoms with Gasteiger partial charge in [-0.1, -0.05) is 6.92 Å². The molecule has 1 aliphatic rings. The van der Waals surface area contributed by atoms with Crippen molar-refractivity contribution in [2.24, 2.45) is 0 Å². The molecule has 5 heteroatoms. The minimum atomic E-state index is 0.589. The van der Waals surface area contributed by atoms with Gasteiger partial charge in [0.2, 0.25) is 0 Å². The molecule has 0 aliphatic carbocycles. The van der Waals surface area contributed by atoms with Crippen molar-refractivity contribution in [2.75, 3.05) is 37.2 Å². The number of hydrogen-bond acceptors (Lipinski definition) is 5. The normalized spacial score (nSPS) is 16.3. The summed E-state index contributed by atoms with van der Waals surface area (Å²) < 4.78 is 0. The summed E-state index contributed by atoms with van der Waals surface area (Å²) in [7, 11) is 0. The topological polar surface area (TPSA) is 67.1 Å². The lowest BCUT2D eigenvalue weighted by Gasteiger charge is -2.16. The molecule has 0 saturated carbocycles. The molecule has 0 amide bonds. The first-order valence-electron chi connectivity index (χ1n) is 6.37. The first-order chi connectivity index (χ1) is 8.31. The summed E-state index contributed by atoms with van der Waals surface area (Å²) in [5.41, 5.74) is 6.85. The SMILES string of the molecule is CCc1c(N)ncnc1NCCN1CCCC1. The average molecular weight is 235 g/mol. The molecule has 0 bridgehead atoms. The molecule has 0 atom stereocenters. The highest BCUT2D eigenvalue weighted by molar-refractivity contribution is 5.54. The molecular formula is C12H21N5. The van der Waals surface area contributed by atoms with Gasteiger partial charge in [0, 0.05) is 18.7 Å². The largest absolute Gasteiger partial charge is 0.383 e. The number of hydrogen-bond donors (Lipinski definition) is 2. The summed E-state index contributed by atoms with van der Waals surface area (Å²) in [6.07, 6.45) is 5.05. The molecule has 1 fully saturated rings. The van der Waals surface area contributed by atoms with Crippen molar-refractivity contribution in [2.45, 2.75) is 26.2 Å². The average Bonchev–Trinajstić information content (AvgIpc) is 2.82. The van der Waals surface area contributed by atoms with Gasteiger partial charge in [-0.3, -0.25) is 0 Å². The van der Waals surface area contributed by atoms with Crippen molar-refractivity contribution < 1.29 is 0 Å². The Morgan fingerprint density at radius 1 is 1.35 bits per heavy atom. The van der Waals surface area contributed by atoms with E-state index in [1.165, 1.54) is 32.3 Å². The Kier molecular flexibility index (Phi) is 4.14. The summed E-state index contributed by atoms with van der Waals surface area (Å²) in [5.74, 6) is 1.48. The Labute approximate surface area is 102 Å². The molecule has 0 radical (unpaired) electrons. The molecule has 0 spiro atoms. The van der Waals surface area contributed by atoms with E-state index >= 15 is 0 Å². The third-order valence-corrected chi connectivity index (χ3v) is 3.25. The van der Waals surface area contributed by atoms with Crippen LogP contribution in [0.15, 0.2) is 6.33 Å². The van der Waals surface area contributed by atoms with E-state index in [0.717, 1.165) is 30.9 Å². The predicted octanol–water partition coefficient (Wildman–Crippen LogP) is 1.13. The first-order valence-corrected chi connectivity index (χ1v) is 6.37. The fourth-order valence-corrected chi connectivity index (χ4v) is 2.27. The summed E-state index contributed by atoms with van der Waals surface area (Å²) >= 11 is 0. The van der Waals surface area contributed by atoms with Gasteiger partial charge in [-0.25, -0.2) is 9.97 Å². The van der Waals surface area contributed by atoms with Crippen LogP contribution in [-0.2, 0) is 6.42 Å². The van der Waals surface area contributed by atoms with Crippen LogP contribution in [0.3, 0.4) is 0 Å². The lowest BCUT2D eigenvalue weighted by atomic mass is 10.2. The lowest BCUT2D eigenvalue weighted by molar-refractivity contribution is 0.352. The van der Waals surface area contributed by atoms with Gasteiger partial charge < -0.3 is 16.0 Å². The number of nitrogen functional groups attached to an aromatic ring is 1. The zero-order chi connectivity index (χ0) is 12.1. The molecule has 2 rings (SSSR count). The van der Waals surface area contributed by atoms with Crippen LogP contribution < -0.4 is 11.1 Å². The Balaban J connectivity index is 1.87. The fourth-order valence-electron chi connectivity index (χ4n) is 2.27. The highest BCUT2D eigenvalue weighted by Gasteiger charge is 2.11. The summed E-state index contributed by atoms with van der Waals surface area (Å²) in [6, 6.07) is 0. The molecule has 17 heavy (non-hydrogen) atoms. The molecule has 3 N–H and O–H groups in total. The van der Waals surface area contributed by atoms with E-state index < -0.39 is 0 Å². The Morgan fingerprint density at radius 3 is 2.82 bits per heavy atom. The highest BCUT2D eigenvalue weighted by atomic mass is 15.2. The maximum absolute atomic E-state index is 5.82. The molecule has 1 aromatic rings. The minimum absolute atomic E-state index is 0.589. The third kappa shape index (κ3) is 3.06. The fraction of sp³-hybridized carbons (Fsp3) is 0.667. The van der Waals surface area contributed by atoms with Gasteiger partial charge in [0.05, 0.1) is 0 Å². The van der Waals surface area contributed by atoms with Crippen LogP contribution in [0.4, 0.5) is 11.6 Å². The van der Waals surface area contributed by atoms with Crippen molar-refractivity contribution in [1.82, 2.24) is 14.9 Å². The molecule has 5 nitrogen and oxygen atoms in total. The Hall–Kier alpha value is -1.36. The number of rotatable bonds is 5. The quantitative estimate of drug-likeness (QED) is 0.801. The van der Waals surface area contributed by atoms with Crippen LogP contribution in [0.5, 0.6) is 0 Å². The van der Waals surface area contributed by atoms with Crippen LogP contribution >= 0.6 is 0 Å². The molecule has 0 aromatic carbocycles. The van der Waals surface area contributed by atoms with Crippen LogP contribution in [0.25, 0.3) is 0 Å². The van der Waals surface area contributed by atoms with E-state index in [1.54, 1.807) is 0 Å². The number of nitrogens with one attached hydrogen (secondary N) is 1. The standard InChI is InChI=1S/C12H21N5/c1-2-10-11(13)15-9-16-12(10)14-5-8-17-6-3-4-7-17/h9H,2-8H2,1H3,(H3,13,14,15,16). The summed E-state index contributed by atoms with van der Waals surface area (Å²) in [4.78, 5) is 10.7. The van der Waals surface area contributed by atoms with E-state index in [4.69, 9.17) is 5.73 Å². The second-order valence-electron chi connectivity index (χ2n) is 4.42. The van der Waals surface area contributed by atoms with Crippen LogP contribution in [0, 0.1) is 0 Å². The number of nitrogens with two attached hydrogens (primary N) is 1. The second-order valence-corrected chi connectivity index (χ2v) is 4.42. The van der Waals surface area contributed by atoms with Gasteiger partial charge in [0.25, 0.3) is 0 Å². The zero-order valence-corrected chi connectivity index (χ0v) is 10.4. The Bertz CT molecular complexity index is 360. The highest BCUT2D eigenvalue weighted by Crippen LogP contribution is 2.17. The molecular weight excluding hydrogens is 214 g/mol. The number of anilines is 2. The molecule has 2 heterocycles. The van der Waals surface area contributed by atoms with Crippen LogP contribution in [0.2, 0.25) is 0 Å². The van der Waals surface area contributed by atoms with Gasteiger partial charge >= 0.3 is 0 Å². The summed E-state index contributed by atoms with van der Waals surface area (Å²) in [6.45, 7) is 6.53. The number of aromatic nitrogens is 2. The van der Waals surface area contributed by atoms with Crippen molar-refractivity contribution in [3.05, 3.63) is 11.9 Å². The second kappa shape index (κ2) is 5.82. The molecule has 1 aromatic heterocycles. The summed E-state index contributed by atoms with van der Waals surface area (Å²) in [5, 5.41) is 3.36. The molecule has 1 aliphatic heterocycles. The maximum Gasteiger partial charge on any atom is 0.134 e. The monoisotopic (exact) mass is 235 g/mol. The molecule has 0 unspecified atom stereocenters. The van der Waals surface area contributed by atoms with Gasteiger partial charge in [-0.15, -0.1) is 0 Å². The lowest BCUT2D eigenvalue weighted by Crippen LogP contribution is -2.26. The van der Waals surface area contributed by atoms with Crippen molar-refractivity contribution in [3.8, 4) is 0 Å². The van der Waals surface area contributed by atoms with Crippen molar-refractivity contribution >= 4 is 11.6 Å². The zero-order valence-electron chi connectivity index (χ0n) is 10.4. The molecule has 94 valence electrons. The van der Waals surface area contributed by atoms with Crippen molar-refractivity contribution in [3.63, 3.8) is 0 Å². The molecule has 1 saturated heterocycles. The Morgan fingerprint density at radius 2 is 2.12 bits per heavy atom. The van der Waals surface area contributed by atoms with E-state index in [-0.39, 0.29) is 0 Å².